The van der Waals surface area contributed by atoms with Crippen LogP contribution >= 0.6 is 0 Å². The van der Waals surface area contributed by atoms with Gasteiger partial charge in [0.1, 0.15) is 0 Å². The van der Waals surface area contributed by atoms with Gasteiger partial charge < -0.3 is 9.67 Å². The van der Waals surface area contributed by atoms with E-state index in [9.17, 15) is 5.11 Å². The Morgan fingerprint density at radius 2 is 1.52 bits per heavy atom. The second-order valence-electron chi connectivity index (χ2n) is 7.09. The van der Waals surface area contributed by atoms with Crippen molar-refractivity contribution in [2.24, 2.45) is 0 Å². The molecular formula is C23H25NO. The van der Waals surface area contributed by atoms with Crippen LogP contribution in [0, 0.1) is 0 Å². The fourth-order valence-electron chi connectivity index (χ4n) is 3.98. The van der Waals surface area contributed by atoms with Crippen LogP contribution in [-0.4, -0.2) is 15.8 Å². The summed E-state index contributed by atoms with van der Waals surface area (Å²) in [5, 5.41) is 10.5. The third-order valence-corrected chi connectivity index (χ3v) is 5.33. The zero-order chi connectivity index (χ0) is 17.1. The molecule has 1 heterocycles. The number of aliphatic hydroxyl groups is 1. The van der Waals surface area contributed by atoms with Crippen molar-refractivity contribution in [2.45, 2.75) is 44.2 Å². The number of hydrogen-bond donors (Lipinski definition) is 1. The van der Waals surface area contributed by atoms with Crippen molar-refractivity contribution in [3.8, 4) is 11.1 Å². The molecule has 2 atom stereocenters. The lowest BCUT2D eigenvalue weighted by molar-refractivity contribution is 0.0757. The van der Waals surface area contributed by atoms with Gasteiger partial charge in [-0.05, 0) is 36.0 Å². The van der Waals surface area contributed by atoms with Gasteiger partial charge in [0.05, 0.1) is 12.1 Å². The van der Waals surface area contributed by atoms with E-state index in [4.69, 9.17) is 0 Å². The Labute approximate surface area is 149 Å². The minimum absolute atomic E-state index is 0.209. The minimum Gasteiger partial charge on any atom is -0.391 e. The van der Waals surface area contributed by atoms with Gasteiger partial charge in [0.25, 0.3) is 0 Å². The monoisotopic (exact) mass is 331 g/mol. The molecule has 2 aromatic carbocycles. The van der Waals surface area contributed by atoms with Crippen LogP contribution < -0.4 is 0 Å². The predicted molar refractivity (Wildman–Crippen MR) is 103 cm³/mol. The third kappa shape index (κ3) is 3.54. The van der Waals surface area contributed by atoms with E-state index >= 15 is 0 Å². The Hall–Kier alpha value is -2.32. The van der Waals surface area contributed by atoms with Crippen molar-refractivity contribution >= 4 is 0 Å². The first kappa shape index (κ1) is 16.2. The van der Waals surface area contributed by atoms with Crippen molar-refractivity contribution in [2.75, 3.05) is 0 Å². The predicted octanol–water partition coefficient (Wildman–Crippen LogP) is 5.22. The van der Waals surface area contributed by atoms with E-state index in [2.05, 4.69) is 77.6 Å². The Morgan fingerprint density at radius 1 is 0.840 bits per heavy atom. The van der Waals surface area contributed by atoms with E-state index in [0.717, 1.165) is 25.7 Å². The Morgan fingerprint density at radius 3 is 2.24 bits per heavy atom. The first-order valence-electron chi connectivity index (χ1n) is 9.29. The lowest BCUT2D eigenvalue weighted by atomic mass is 9.92. The summed E-state index contributed by atoms with van der Waals surface area (Å²) in [4.78, 5) is 0. The summed E-state index contributed by atoms with van der Waals surface area (Å²) < 4.78 is 2.27. The molecule has 128 valence electrons. The van der Waals surface area contributed by atoms with Gasteiger partial charge in [-0.15, -0.1) is 0 Å². The lowest BCUT2D eigenvalue weighted by Gasteiger charge is -2.28. The number of aromatic nitrogens is 1. The van der Waals surface area contributed by atoms with Crippen molar-refractivity contribution in [1.82, 2.24) is 4.57 Å². The van der Waals surface area contributed by atoms with Gasteiger partial charge >= 0.3 is 0 Å². The van der Waals surface area contributed by atoms with Crippen LogP contribution in [0.15, 0.2) is 73.1 Å². The molecule has 25 heavy (non-hydrogen) atoms. The number of nitrogens with zero attached hydrogens (tertiary/aromatic N) is 1. The molecule has 1 saturated carbocycles. The average Bonchev–Trinajstić information content (AvgIpc) is 3.07. The van der Waals surface area contributed by atoms with E-state index in [0.29, 0.717) is 0 Å². The molecule has 4 rings (SSSR count). The van der Waals surface area contributed by atoms with Crippen LogP contribution in [0.4, 0.5) is 0 Å². The number of hydrogen-bond acceptors (Lipinski definition) is 1. The summed E-state index contributed by atoms with van der Waals surface area (Å²) in [7, 11) is 0. The topological polar surface area (TPSA) is 25.2 Å². The second-order valence-corrected chi connectivity index (χ2v) is 7.09. The van der Waals surface area contributed by atoms with Gasteiger partial charge in [0.2, 0.25) is 0 Å². The molecule has 2 nitrogen and oxygen atoms in total. The van der Waals surface area contributed by atoms with E-state index in [-0.39, 0.29) is 12.1 Å². The molecule has 3 aromatic rings. The summed E-state index contributed by atoms with van der Waals surface area (Å²) in [5.41, 5.74) is 5.18. The summed E-state index contributed by atoms with van der Waals surface area (Å²) in [6, 6.07) is 21.4. The molecule has 0 radical (unpaired) electrons. The van der Waals surface area contributed by atoms with Crippen LogP contribution in [0.2, 0.25) is 0 Å². The highest BCUT2D eigenvalue weighted by molar-refractivity contribution is 5.67. The van der Waals surface area contributed by atoms with Crippen LogP contribution in [0.25, 0.3) is 11.1 Å². The van der Waals surface area contributed by atoms with Crippen molar-refractivity contribution in [3.05, 3.63) is 84.2 Å². The van der Waals surface area contributed by atoms with Gasteiger partial charge in [0, 0.05) is 18.0 Å². The summed E-state index contributed by atoms with van der Waals surface area (Å²) in [5.74, 6) is 0. The summed E-state index contributed by atoms with van der Waals surface area (Å²) in [6.07, 6.45) is 9.51. The van der Waals surface area contributed by atoms with E-state index in [1.54, 1.807) is 0 Å². The van der Waals surface area contributed by atoms with Gasteiger partial charge in [0.15, 0.2) is 0 Å². The lowest BCUT2D eigenvalue weighted by Crippen LogP contribution is -2.26. The Bertz CT molecular complexity index is 807. The normalized spacial score (nSPS) is 20.5. The highest BCUT2D eigenvalue weighted by Gasteiger charge is 2.25. The summed E-state index contributed by atoms with van der Waals surface area (Å²) in [6.45, 7) is 0. The zero-order valence-electron chi connectivity index (χ0n) is 14.5. The number of benzene rings is 2. The SMILES string of the molecule is O[C@H]1CCCC[C@H]1n1cc(Cc2ccccc2)c(-c2ccccc2)c1. The Kier molecular flexibility index (Phi) is 4.71. The van der Waals surface area contributed by atoms with Crippen molar-refractivity contribution in [1.29, 1.82) is 0 Å². The average molecular weight is 331 g/mol. The smallest absolute Gasteiger partial charge is 0.0747 e. The molecule has 0 aliphatic heterocycles. The zero-order valence-corrected chi connectivity index (χ0v) is 14.5. The van der Waals surface area contributed by atoms with E-state index in [1.807, 2.05) is 0 Å². The molecule has 0 spiro atoms. The third-order valence-electron chi connectivity index (χ3n) is 5.33. The molecule has 0 saturated heterocycles. The standard InChI is InChI=1S/C23H25NO/c25-23-14-8-7-13-22(23)24-16-20(15-18-9-3-1-4-10-18)21(17-24)19-11-5-2-6-12-19/h1-6,9-12,16-17,22-23,25H,7-8,13-15H2/t22-,23+/m1/s1. The highest BCUT2D eigenvalue weighted by Crippen LogP contribution is 2.33. The highest BCUT2D eigenvalue weighted by atomic mass is 16.3. The molecule has 0 unspecified atom stereocenters. The van der Waals surface area contributed by atoms with Crippen LogP contribution in [0.5, 0.6) is 0 Å². The van der Waals surface area contributed by atoms with Crippen LogP contribution in [-0.2, 0) is 6.42 Å². The largest absolute Gasteiger partial charge is 0.391 e. The summed E-state index contributed by atoms with van der Waals surface area (Å²) >= 11 is 0. The fourth-order valence-corrected chi connectivity index (χ4v) is 3.98. The van der Waals surface area contributed by atoms with Crippen LogP contribution in [0.1, 0.15) is 42.9 Å². The Balaban J connectivity index is 1.72. The van der Waals surface area contributed by atoms with Gasteiger partial charge in [-0.2, -0.15) is 0 Å². The first-order valence-corrected chi connectivity index (χ1v) is 9.29. The van der Waals surface area contributed by atoms with Crippen molar-refractivity contribution in [3.63, 3.8) is 0 Å². The number of aliphatic hydroxyl groups excluding tert-OH is 1. The molecule has 1 aromatic heterocycles. The number of rotatable bonds is 4. The van der Waals surface area contributed by atoms with Crippen molar-refractivity contribution < 1.29 is 5.11 Å². The second kappa shape index (κ2) is 7.28. The maximum absolute atomic E-state index is 10.5. The molecular weight excluding hydrogens is 306 g/mol. The molecule has 0 amide bonds. The first-order chi connectivity index (χ1) is 12.3. The molecule has 0 bridgehead atoms. The molecule has 2 heteroatoms. The maximum atomic E-state index is 10.5. The molecule has 1 aliphatic carbocycles. The van der Waals surface area contributed by atoms with Gasteiger partial charge in [-0.1, -0.05) is 73.5 Å². The molecule has 1 fully saturated rings. The van der Waals surface area contributed by atoms with E-state index < -0.39 is 0 Å². The quantitative estimate of drug-likeness (QED) is 0.696. The van der Waals surface area contributed by atoms with Gasteiger partial charge in [-0.3, -0.25) is 0 Å². The molecule has 1 aliphatic rings. The minimum atomic E-state index is -0.227. The van der Waals surface area contributed by atoms with Gasteiger partial charge in [-0.25, -0.2) is 0 Å². The molecule has 1 N–H and O–H groups in total. The van der Waals surface area contributed by atoms with Crippen LogP contribution in [0.3, 0.4) is 0 Å². The maximum Gasteiger partial charge on any atom is 0.0747 e. The fraction of sp³-hybridized carbons (Fsp3) is 0.304. The van der Waals surface area contributed by atoms with E-state index in [1.165, 1.54) is 28.7 Å².